The number of fused-ring (bicyclic) bond motifs is 1. The SMILES string of the molecule is N#C[C@@H]1CCCN1C(=O)CNC(=O)c1ccnc2ccc(OCCCN3CCN(C(=O)CCOCCOCCNC(=O)C(CCC(=O)NCCOCCOCCC(=O)NCCCC[C@@H]4NC(=O)[C@@H](Cc5ccccc5)NC(=O)[C@H](CC(=O)O)NC(=O)CNC(=O)[C@H](CCCNC(=N)N)NC4=O)NC(=O)CN4CCN(CC(=O)O)CCN(CC(=O)O)CCN(CC(=O)O)CC4)CC3)cc12. The normalized spacial score (nSPS) is 18.8. The molecule has 1 unspecified atom stereocenters. The van der Waals surface area contributed by atoms with E-state index in [1.54, 1.807) is 79.1 Å². The van der Waals surface area contributed by atoms with Gasteiger partial charge in [0.25, 0.3) is 5.91 Å². The highest BCUT2D eigenvalue weighted by Crippen LogP contribution is 2.24. The third kappa shape index (κ3) is 42.3. The van der Waals surface area contributed by atoms with Crippen LogP contribution in [0.15, 0.2) is 60.8 Å². The van der Waals surface area contributed by atoms with Gasteiger partial charge < -0.3 is 118 Å². The Kier molecular flexibility index (Phi) is 48.4. The number of aliphatic carboxylic acids is 4. The van der Waals surface area contributed by atoms with Crippen LogP contribution >= 0.6 is 0 Å². The highest BCUT2D eigenvalue weighted by atomic mass is 16.5. The molecule has 4 saturated heterocycles. The zero-order valence-corrected chi connectivity index (χ0v) is 74.9. The number of nitrogens with one attached hydrogen (secondary N) is 12. The molecule has 0 saturated carbocycles. The molecule has 4 aliphatic heterocycles. The van der Waals surface area contributed by atoms with Crippen molar-refractivity contribution in [3.05, 3.63) is 71.9 Å². The predicted molar refractivity (Wildman–Crippen MR) is 475 cm³/mol. The minimum absolute atomic E-state index is 0.000842. The van der Waals surface area contributed by atoms with Crippen molar-refractivity contribution in [1.82, 2.24) is 97.8 Å². The number of likely N-dealkylation sites (tertiary alicyclic amines) is 1. The third-order valence-electron chi connectivity index (χ3n) is 22.0. The summed E-state index contributed by atoms with van der Waals surface area (Å²) < 4.78 is 28.7. The zero-order chi connectivity index (χ0) is 96.2. The number of hydrogen-bond acceptors (Lipinski definition) is 29. The average molecular weight is 1870 g/mol. The molecule has 0 spiro atoms. The summed E-state index contributed by atoms with van der Waals surface area (Å²) >= 11 is 0. The molecule has 0 bridgehead atoms. The van der Waals surface area contributed by atoms with Crippen molar-refractivity contribution in [2.45, 2.75) is 126 Å². The van der Waals surface area contributed by atoms with Crippen LogP contribution in [-0.4, -0.2) is 413 Å². The number of hydrogen-bond donors (Lipinski definition) is 17. The van der Waals surface area contributed by atoms with Gasteiger partial charge in [-0.1, -0.05) is 30.3 Å². The molecule has 4 aliphatic rings. The molecule has 18 N–H and O–H groups in total. The van der Waals surface area contributed by atoms with Gasteiger partial charge in [-0.25, -0.2) is 0 Å². The minimum atomic E-state index is -1.67. The Morgan fingerprint density at radius 2 is 1.08 bits per heavy atom. The molecule has 1 aromatic heterocycles. The predicted octanol–water partition coefficient (Wildman–Crippen LogP) is -5.45. The van der Waals surface area contributed by atoms with Crippen LogP contribution in [0.4, 0.5) is 0 Å². The number of amides is 12. The van der Waals surface area contributed by atoms with Crippen molar-refractivity contribution in [2.75, 3.05) is 217 Å². The molecule has 7 rings (SSSR count). The lowest BCUT2D eigenvalue weighted by Crippen LogP contribution is -2.58. The second-order valence-corrected chi connectivity index (χ2v) is 32.2. The van der Waals surface area contributed by atoms with Crippen molar-refractivity contribution in [1.29, 1.82) is 10.7 Å². The number of rotatable bonds is 52. The molecule has 4 fully saturated rings. The van der Waals surface area contributed by atoms with Crippen LogP contribution in [0.3, 0.4) is 0 Å². The number of pyridine rings is 1. The van der Waals surface area contributed by atoms with E-state index in [1.807, 2.05) is 0 Å². The minimum Gasteiger partial charge on any atom is -0.494 e. The fraction of sp³-hybridized carbons (Fsp3) is 0.616. The molecule has 732 valence electrons. The number of carboxylic acids is 4. The van der Waals surface area contributed by atoms with E-state index in [1.165, 1.54) is 11.1 Å². The topological polar surface area (TPSA) is 642 Å². The molecule has 12 amide bonds. The van der Waals surface area contributed by atoms with Crippen molar-refractivity contribution in [3.8, 4) is 11.8 Å². The smallest absolute Gasteiger partial charge is 0.317 e. The summed E-state index contributed by atoms with van der Waals surface area (Å²) in [5, 5.41) is 84.9. The van der Waals surface area contributed by atoms with E-state index in [4.69, 9.17) is 34.8 Å². The van der Waals surface area contributed by atoms with Crippen LogP contribution in [0.1, 0.15) is 99.4 Å². The van der Waals surface area contributed by atoms with Crippen molar-refractivity contribution < 1.29 is 121 Å². The lowest BCUT2D eigenvalue weighted by molar-refractivity contribution is -0.141. The van der Waals surface area contributed by atoms with Gasteiger partial charge in [-0.05, 0) is 87.6 Å². The van der Waals surface area contributed by atoms with E-state index >= 15 is 0 Å². The fourth-order valence-electron chi connectivity index (χ4n) is 14.9. The van der Waals surface area contributed by atoms with Crippen LogP contribution in [0.2, 0.25) is 0 Å². The number of carboxylic acid groups (broad SMARTS) is 4. The summed E-state index contributed by atoms with van der Waals surface area (Å²) in [5.41, 5.74) is 6.92. The van der Waals surface area contributed by atoms with E-state index in [2.05, 4.69) is 74.4 Å². The highest BCUT2D eigenvalue weighted by molar-refractivity contribution is 6.07. The number of carbonyl (C=O) groups is 16. The quantitative estimate of drug-likeness (QED) is 0.0142. The Bertz CT molecular complexity index is 4360. The van der Waals surface area contributed by atoms with Crippen LogP contribution in [-0.2, 0) is 97.3 Å². The summed E-state index contributed by atoms with van der Waals surface area (Å²) in [6.07, 6.45) is 2.93. The summed E-state index contributed by atoms with van der Waals surface area (Å²) in [5.74, 6) is -12.0. The maximum Gasteiger partial charge on any atom is 0.317 e. The largest absolute Gasteiger partial charge is 0.494 e. The van der Waals surface area contributed by atoms with E-state index in [0.717, 1.165) is 13.0 Å². The molecule has 47 nitrogen and oxygen atoms in total. The average Bonchev–Trinajstić information content (AvgIpc) is 0.883. The van der Waals surface area contributed by atoms with Crippen molar-refractivity contribution >= 4 is 112 Å². The van der Waals surface area contributed by atoms with E-state index in [0.29, 0.717) is 86.4 Å². The fourth-order valence-corrected chi connectivity index (χ4v) is 14.9. The van der Waals surface area contributed by atoms with Gasteiger partial charge in [-0.2, -0.15) is 5.26 Å². The first-order valence-electron chi connectivity index (χ1n) is 44.8. The monoisotopic (exact) mass is 1870 g/mol. The Hall–Kier alpha value is -12.4. The number of nitrogens with two attached hydrogens (primary N) is 1. The summed E-state index contributed by atoms with van der Waals surface area (Å²) in [6.45, 7) is 3.48. The standard InChI is InChI=1S/C86H128N22O25/c87-52-60-11-7-27-108(60)75(114)54-96-80(123)62-18-23-90-64-15-14-61(50-63(62)64)133-40-8-26-102-36-38-107(39-37-102)74(113)20-42-130-46-48-132-44-25-93-81(124)67(97-73(112)55-103-28-30-104(56-77(117)118)32-34-106(58-79(121)122)35-33-105(31-29-103)57-78(119)120)16-17-70(109)92-24-43-131-47-45-129-41-19-71(110)91-21-5-4-12-66-83(126)99-65(13-6-22-94-86(88)89)82(125)95-53-72(111)98-69(51-76(115)116)85(128)101-68(84(127)100-66)49-59-9-2-1-3-10-59/h1-3,9-10,14-15,18,23,50,60,65-69H,4-8,11-13,16-17,19-22,24-49,51,53-58H2,(H,91,110)(H,92,109)(H,93,124)(H,95,125)(H,96,123)(H,97,112)(H,98,111)(H,99,126)(H,100,127)(H,101,128)(H,115,116)(H,117,118)(H,119,120)(H,121,122)(H4,88,89,94)/t60-,65-,66-,67?,68+,69-/m0/s1. The lowest BCUT2D eigenvalue weighted by Gasteiger charge is -2.34. The number of nitriles is 1. The van der Waals surface area contributed by atoms with Gasteiger partial charge in [-0.15, -0.1) is 0 Å². The van der Waals surface area contributed by atoms with Crippen LogP contribution in [0, 0.1) is 16.7 Å². The number of unbranched alkanes of at least 4 members (excludes halogenated alkanes) is 1. The van der Waals surface area contributed by atoms with Crippen LogP contribution in [0.25, 0.3) is 10.9 Å². The molecule has 3 aromatic rings. The van der Waals surface area contributed by atoms with Crippen LogP contribution in [0.5, 0.6) is 5.75 Å². The molecular formula is C86H128N22O25. The summed E-state index contributed by atoms with van der Waals surface area (Å²) in [4.78, 5) is 226. The number of carbonyl (C=O) groups excluding carboxylic acids is 12. The maximum absolute atomic E-state index is 14.2. The number of ether oxygens (including phenoxy) is 5. The first-order chi connectivity index (χ1) is 64.0. The van der Waals surface area contributed by atoms with Gasteiger partial charge in [0.2, 0.25) is 65.0 Å². The number of piperazine rings is 1. The van der Waals surface area contributed by atoms with Gasteiger partial charge in [0.15, 0.2) is 5.96 Å². The Balaban J connectivity index is 0.818. The number of nitrogens with zero attached hydrogens (tertiary/aromatic N) is 9. The molecule has 0 radical (unpaired) electrons. The van der Waals surface area contributed by atoms with Gasteiger partial charge in [0.1, 0.15) is 42.0 Å². The summed E-state index contributed by atoms with van der Waals surface area (Å²) in [7, 11) is 0. The summed E-state index contributed by atoms with van der Waals surface area (Å²) in [6, 6.07) is 10.1. The van der Waals surface area contributed by atoms with Gasteiger partial charge in [0, 0.05) is 149 Å². The second kappa shape index (κ2) is 59.9. The molecule has 5 heterocycles. The zero-order valence-electron chi connectivity index (χ0n) is 74.9. The number of benzene rings is 2. The number of guanidine groups is 1. The second-order valence-electron chi connectivity index (χ2n) is 32.2. The van der Waals surface area contributed by atoms with Crippen molar-refractivity contribution in [3.63, 3.8) is 0 Å². The first kappa shape index (κ1) is 108. The van der Waals surface area contributed by atoms with E-state index in [9.17, 15) is 102 Å². The first-order valence-corrected chi connectivity index (χ1v) is 44.8. The third-order valence-corrected chi connectivity index (χ3v) is 22.0. The molecule has 0 aliphatic carbocycles. The maximum atomic E-state index is 14.2. The number of aromatic nitrogens is 1. The van der Waals surface area contributed by atoms with Gasteiger partial charge in [0.05, 0.1) is 129 Å². The van der Waals surface area contributed by atoms with Gasteiger partial charge >= 0.3 is 23.9 Å². The Morgan fingerprint density at radius 3 is 1.69 bits per heavy atom. The molecule has 6 atom stereocenters. The van der Waals surface area contributed by atoms with E-state index < -0.39 is 139 Å². The Morgan fingerprint density at radius 1 is 0.526 bits per heavy atom. The van der Waals surface area contributed by atoms with Crippen molar-refractivity contribution in [2.24, 2.45) is 5.73 Å². The molecular weight excluding hydrogens is 1740 g/mol. The highest BCUT2D eigenvalue weighted by Gasteiger charge is 2.36. The Labute approximate surface area is 769 Å². The van der Waals surface area contributed by atoms with Crippen LogP contribution < -0.4 is 69.0 Å². The van der Waals surface area contributed by atoms with E-state index in [-0.39, 0.29) is 232 Å². The molecule has 133 heavy (non-hydrogen) atoms. The van der Waals surface area contributed by atoms with Gasteiger partial charge in [-0.3, -0.25) is 112 Å². The molecule has 2 aromatic carbocycles. The molecule has 47 heteroatoms. The lowest BCUT2D eigenvalue weighted by atomic mass is 10.0.